The van der Waals surface area contributed by atoms with Crippen LogP contribution in [0.5, 0.6) is 0 Å². The third-order valence-electron chi connectivity index (χ3n) is 13.9. The van der Waals surface area contributed by atoms with Crippen LogP contribution in [-0.4, -0.2) is 60.7 Å². The van der Waals surface area contributed by atoms with Gasteiger partial charge < -0.3 is 9.47 Å². The van der Waals surface area contributed by atoms with Crippen molar-refractivity contribution in [2.75, 3.05) is 19.8 Å². The van der Waals surface area contributed by atoms with Crippen molar-refractivity contribution in [3.05, 3.63) is 12.2 Å². The van der Waals surface area contributed by atoms with Crippen LogP contribution in [0.15, 0.2) is 17.1 Å². The number of rotatable bonds is 12. The number of alkyl carbamates (subject to hydrolysis) is 2. The monoisotopic (exact) mass is 751 g/mol. The number of nitrogens with one attached hydrogen (secondary N) is 2. The zero-order valence-electron chi connectivity index (χ0n) is 33.1. The summed E-state index contributed by atoms with van der Waals surface area (Å²) in [5, 5.41) is 5.29. The maximum Gasteiger partial charge on any atom is 0.413 e. The molecule has 1 aliphatic heterocycles. The fourth-order valence-corrected chi connectivity index (χ4v) is 10.5. The van der Waals surface area contributed by atoms with Crippen molar-refractivity contribution in [3.8, 4) is 0 Å². The average Bonchev–Trinajstić information content (AvgIpc) is 3.22. The van der Waals surface area contributed by atoms with Crippen LogP contribution >= 0.6 is 0 Å². The Balaban J connectivity index is 1.03. The normalized spacial score (nSPS) is 27.9. The molecule has 0 aromatic rings. The van der Waals surface area contributed by atoms with E-state index in [-0.39, 0.29) is 35.7 Å². The van der Waals surface area contributed by atoms with Crippen molar-refractivity contribution in [1.82, 2.24) is 15.5 Å². The molecule has 0 spiro atoms. The van der Waals surface area contributed by atoms with E-state index in [0.717, 1.165) is 88.9 Å². The second-order valence-electron chi connectivity index (χ2n) is 17.8. The van der Waals surface area contributed by atoms with Crippen molar-refractivity contribution >= 4 is 30.0 Å². The summed E-state index contributed by atoms with van der Waals surface area (Å²) in [6, 6.07) is -0.216. The summed E-state index contributed by atoms with van der Waals surface area (Å²) in [6.45, 7) is 0.993. The highest BCUT2D eigenvalue weighted by molar-refractivity contribution is 6.03. The molecule has 0 unspecified atom stereocenters. The van der Waals surface area contributed by atoms with Gasteiger partial charge >= 0.3 is 12.2 Å². The molecule has 4 amide bonds. The van der Waals surface area contributed by atoms with Crippen LogP contribution in [0.1, 0.15) is 167 Å². The minimum Gasteiger partial charge on any atom is -0.449 e. The first-order chi connectivity index (χ1) is 26.4. The zero-order valence-corrected chi connectivity index (χ0v) is 33.1. The van der Waals surface area contributed by atoms with Crippen LogP contribution in [0.3, 0.4) is 0 Å². The highest BCUT2D eigenvalue weighted by atomic mass is 16.6. The molecule has 1 heterocycles. The van der Waals surface area contributed by atoms with E-state index in [1.807, 2.05) is 0 Å². The van der Waals surface area contributed by atoms with E-state index in [2.05, 4.69) is 27.8 Å². The van der Waals surface area contributed by atoms with Gasteiger partial charge in [-0.05, 0) is 107 Å². The van der Waals surface area contributed by atoms with Gasteiger partial charge in [0, 0.05) is 12.5 Å². The lowest BCUT2D eigenvalue weighted by Gasteiger charge is -2.47. The molecule has 6 fully saturated rings. The minimum atomic E-state index is -0.643. The van der Waals surface area contributed by atoms with Gasteiger partial charge in [-0.2, -0.15) is 0 Å². The molecule has 0 aromatic heterocycles. The number of imide groups is 1. The number of ether oxygens (including phenoxy) is 2. The number of guanidine groups is 1. The zero-order chi connectivity index (χ0) is 37.5. The van der Waals surface area contributed by atoms with Gasteiger partial charge in [-0.25, -0.2) is 9.59 Å². The van der Waals surface area contributed by atoms with Gasteiger partial charge in [-0.1, -0.05) is 102 Å². The van der Waals surface area contributed by atoms with E-state index < -0.39 is 12.2 Å². The Morgan fingerprint density at radius 2 is 1.13 bits per heavy atom. The maximum absolute atomic E-state index is 14.0. The molecule has 2 atom stereocenters. The van der Waals surface area contributed by atoms with Crippen LogP contribution in [0.2, 0.25) is 0 Å². The first-order valence-electron chi connectivity index (χ1n) is 22.4. The van der Waals surface area contributed by atoms with E-state index in [4.69, 9.17) is 9.47 Å². The molecule has 302 valence electrons. The Morgan fingerprint density at radius 1 is 0.630 bits per heavy atom. The van der Waals surface area contributed by atoms with Crippen molar-refractivity contribution in [3.63, 3.8) is 0 Å². The number of amides is 4. The summed E-state index contributed by atoms with van der Waals surface area (Å²) in [6.07, 6.45) is 32.5. The van der Waals surface area contributed by atoms with E-state index in [1.54, 1.807) is 4.90 Å². The summed E-state index contributed by atoms with van der Waals surface area (Å²) < 4.78 is 11.1. The predicted molar refractivity (Wildman–Crippen MR) is 211 cm³/mol. The first kappa shape index (κ1) is 40.7. The summed E-state index contributed by atoms with van der Waals surface area (Å²) in [5.41, 5.74) is 0. The van der Waals surface area contributed by atoms with Gasteiger partial charge in [0.2, 0.25) is 17.8 Å². The number of carbonyl (C=O) groups excluding carboxylic acids is 4. The highest BCUT2D eigenvalue weighted by Crippen LogP contribution is 2.42. The van der Waals surface area contributed by atoms with Gasteiger partial charge in [0.25, 0.3) is 0 Å². The number of hydrogen-bond acceptors (Lipinski definition) is 7. The lowest BCUT2D eigenvalue weighted by molar-refractivity contribution is -0.166. The van der Waals surface area contributed by atoms with E-state index in [1.165, 1.54) is 77.0 Å². The van der Waals surface area contributed by atoms with Crippen molar-refractivity contribution in [1.29, 1.82) is 0 Å². The number of nitrogens with zero attached hydrogens (tertiary/aromatic N) is 2. The number of likely N-dealkylation sites (tertiary alicyclic amines) is 1. The van der Waals surface area contributed by atoms with Crippen LogP contribution in [0.25, 0.3) is 0 Å². The van der Waals surface area contributed by atoms with Gasteiger partial charge in [0.1, 0.15) is 0 Å². The number of carbonyl (C=O) groups is 4. The summed E-state index contributed by atoms with van der Waals surface area (Å²) in [7, 11) is 0. The lowest BCUT2D eigenvalue weighted by Crippen LogP contribution is -2.63. The number of allylic oxidation sites excluding steroid dienone is 1. The standard InChI is InChI=1S/C44H70N4O6/c49-40(37-26-24-36(25-27-37)35-20-11-4-12-21-35)48-39(28-23-32-14-5-1-6-15-32)38(41(48)50)22-13-29-45-42(46-43(51)53-30-33-16-7-2-8-17-33)47-44(52)54-31-34-18-9-3-10-19-34/h23,28,32-39H,1-22,24-27,29-31H2,(H2,45,46,47,51,52)/t36?,37?,38-,39+/m1/s1. The van der Waals surface area contributed by atoms with Crippen LogP contribution < -0.4 is 10.6 Å². The molecule has 2 N–H and O–H groups in total. The molecular weight excluding hydrogens is 681 g/mol. The van der Waals surface area contributed by atoms with Crippen molar-refractivity contribution < 1.29 is 28.7 Å². The number of hydrogen-bond donors (Lipinski definition) is 2. The SMILES string of the molecule is O=C(NC(=NCCC[C@H]1C(=O)N(C(=O)C2CCC(C3CCCCC3)CC2)[C@H]1C=CC1CCCCC1)NC(=O)OCC1CCCCC1)OCC1CCCCC1. The average molecular weight is 751 g/mol. The number of β-lactam (4-membered cyclic amide) rings is 1. The molecule has 0 aromatic carbocycles. The largest absolute Gasteiger partial charge is 0.449 e. The summed E-state index contributed by atoms with van der Waals surface area (Å²) in [4.78, 5) is 59.4. The first-order valence-corrected chi connectivity index (χ1v) is 22.4. The van der Waals surface area contributed by atoms with E-state index >= 15 is 0 Å². The Kier molecular flexibility index (Phi) is 16.2. The quantitative estimate of drug-likeness (QED) is 0.0511. The van der Waals surface area contributed by atoms with Gasteiger partial charge in [-0.3, -0.25) is 30.1 Å². The van der Waals surface area contributed by atoms with Crippen LogP contribution in [0, 0.1) is 41.4 Å². The number of aliphatic imine (C=N–C) groups is 1. The topological polar surface area (TPSA) is 126 Å². The van der Waals surface area contributed by atoms with Crippen molar-refractivity contribution in [2.45, 2.75) is 173 Å². The van der Waals surface area contributed by atoms with Crippen LogP contribution in [-0.2, 0) is 19.1 Å². The lowest BCUT2D eigenvalue weighted by atomic mass is 9.70. The Bertz CT molecular complexity index is 1230. The third-order valence-corrected chi connectivity index (χ3v) is 13.9. The molecule has 6 rings (SSSR count). The molecular formula is C44H70N4O6. The maximum atomic E-state index is 14.0. The van der Waals surface area contributed by atoms with E-state index in [0.29, 0.717) is 50.4 Å². The molecule has 1 saturated heterocycles. The predicted octanol–water partition coefficient (Wildman–Crippen LogP) is 9.61. The fraction of sp³-hybridized carbons (Fsp3) is 0.841. The molecule has 6 aliphatic rings. The van der Waals surface area contributed by atoms with Gasteiger partial charge in [0.05, 0.1) is 25.2 Å². The smallest absolute Gasteiger partial charge is 0.413 e. The molecule has 5 saturated carbocycles. The van der Waals surface area contributed by atoms with Crippen LogP contribution in [0.4, 0.5) is 9.59 Å². The Hall–Kier alpha value is -2.91. The molecule has 0 radical (unpaired) electrons. The molecule has 0 bridgehead atoms. The summed E-state index contributed by atoms with van der Waals surface area (Å²) >= 11 is 0. The second-order valence-corrected chi connectivity index (χ2v) is 17.8. The molecule has 10 heteroatoms. The minimum absolute atomic E-state index is 0.00611. The summed E-state index contributed by atoms with van der Waals surface area (Å²) in [5.74, 6) is 2.45. The van der Waals surface area contributed by atoms with E-state index in [9.17, 15) is 19.2 Å². The highest BCUT2D eigenvalue weighted by Gasteiger charge is 2.50. The second kappa shape index (κ2) is 21.4. The molecule has 5 aliphatic carbocycles. The Morgan fingerprint density at radius 3 is 1.69 bits per heavy atom. The Labute approximate surface area is 324 Å². The molecule has 54 heavy (non-hydrogen) atoms. The van der Waals surface area contributed by atoms with Gasteiger partial charge in [0.15, 0.2) is 0 Å². The third kappa shape index (κ3) is 12.0. The molecule has 10 nitrogen and oxygen atoms in total. The van der Waals surface area contributed by atoms with Gasteiger partial charge in [-0.15, -0.1) is 0 Å². The van der Waals surface area contributed by atoms with Crippen molar-refractivity contribution in [2.24, 2.45) is 46.4 Å². The fourth-order valence-electron chi connectivity index (χ4n) is 10.5.